The largest absolute Gasteiger partial charge is 0.383 e. The van der Waals surface area contributed by atoms with Crippen LogP contribution < -0.4 is 10.6 Å². The number of nitrogens with zero attached hydrogens (tertiary/aromatic N) is 4. The lowest BCUT2D eigenvalue weighted by Crippen LogP contribution is -2.13. The lowest BCUT2D eigenvalue weighted by atomic mass is 10.2. The summed E-state index contributed by atoms with van der Waals surface area (Å²) in [6, 6.07) is 32.2. The number of rotatable bonds is 11. The van der Waals surface area contributed by atoms with Crippen LogP contribution in [0.4, 0.5) is 34.1 Å². The van der Waals surface area contributed by atoms with E-state index in [1.54, 1.807) is 0 Å². The summed E-state index contributed by atoms with van der Waals surface area (Å²) >= 11 is 0. The van der Waals surface area contributed by atoms with Gasteiger partial charge in [0.15, 0.2) is 0 Å². The highest BCUT2D eigenvalue weighted by atomic mass is 15.1. The van der Waals surface area contributed by atoms with E-state index in [9.17, 15) is 0 Å². The third-order valence-electron chi connectivity index (χ3n) is 5.77. The molecule has 4 rings (SSSR count). The van der Waals surface area contributed by atoms with Crippen molar-refractivity contribution < 1.29 is 0 Å². The van der Waals surface area contributed by atoms with Gasteiger partial charge in [-0.25, -0.2) is 0 Å². The predicted molar refractivity (Wildman–Crippen MR) is 150 cm³/mol. The van der Waals surface area contributed by atoms with Crippen molar-refractivity contribution in [1.29, 1.82) is 0 Å². The van der Waals surface area contributed by atoms with Gasteiger partial charge in [-0.3, -0.25) is 0 Å². The topological polar surface area (TPSA) is 73.5 Å². The lowest BCUT2D eigenvalue weighted by molar-refractivity contribution is 1.08. The van der Waals surface area contributed by atoms with Crippen LogP contribution in [-0.2, 0) is 12.8 Å². The van der Waals surface area contributed by atoms with Crippen LogP contribution in [0.2, 0.25) is 0 Å². The van der Waals surface area contributed by atoms with E-state index in [1.807, 2.05) is 72.8 Å². The van der Waals surface area contributed by atoms with Crippen LogP contribution in [-0.4, -0.2) is 13.1 Å². The normalized spacial score (nSPS) is 11.3. The molecule has 2 N–H and O–H groups in total. The molecular weight excluding hydrogens is 444 g/mol. The van der Waals surface area contributed by atoms with Crippen LogP contribution in [0.25, 0.3) is 0 Å². The zero-order valence-electron chi connectivity index (χ0n) is 20.9. The number of hydrogen-bond acceptors (Lipinski definition) is 6. The van der Waals surface area contributed by atoms with Crippen LogP contribution in [0.15, 0.2) is 118 Å². The summed E-state index contributed by atoms with van der Waals surface area (Å²) in [6.45, 7) is 5.87. The highest BCUT2D eigenvalue weighted by molar-refractivity contribution is 5.53. The molecule has 0 saturated heterocycles. The van der Waals surface area contributed by atoms with Crippen molar-refractivity contribution in [2.45, 2.75) is 26.7 Å². The Balaban J connectivity index is 1.19. The number of aryl methyl sites for hydroxylation is 2. The van der Waals surface area contributed by atoms with Crippen LogP contribution in [0.1, 0.15) is 25.0 Å². The van der Waals surface area contributed by atoms with Crippen molar-refractivity contribution in [2.75, 3.05) is 23.7 Å². The summed E-state index contributed by atoms with van der Waals surface area (Å²) in [6.07, 6.45) is 2.05. The first-order valence-corrected chi connectivity index (χ1v) is 12.4. The Hall–Kier alpha value is -4.32. The molecule has 0 radical (unpaired) electrons. The maximum absolute atomic E-state index is 4.32. The fraction of sp³-hybridized carbons (Fsp3) is 0.200. The number of nitrogens with one attached hydrogen (secondary N) is 2. The van der Waals surface area contributed by atoms with Gasteiger partial charge in [-0.15, -0.1) is 0 Å². The number of hydrogen-bond donors (Lipinski definition) is 2. The minimum absolute atomic E-state index is 0.792. The van der Waals surface area contributed by atoms with Gasteiger partial charge in [-0.1, -0.05) is 38.1 Å². The molecule has 0 aliphatic carbocycles. The SMILES string of the molecule is CCc1ccc(/N=N/c2ccc(NCCNc3ccc(/N=N/c4ccc(CC)cc4)cc3)cc2)cc1. The molecule has 0 aromatic heterocycles. The molecule has 0 spiro atoms. The predicted octanol–water partition coefficient (Wildman–Crippen LogP) is 9.17. The maximum Gasteiger partial charge on any atom is 0.0858 e. The Morgan fingerprint density at radius 1 is 0.417 bits per heavy atom. The van der Waals surface area contributed by atoms with Crippen LogP contribution in [0.3, 0.4) is 0 Å². The minimum atomic E-state index is 0.792. The van der Waals surface area contributed by atoms with E-state index < -0.39 is 0 Å². The van der Waals surface area contributed by atoms with E-state index in [0.717, 1.165) is 60.1 Å². The third-order valence-corrected chi connectivity index (χ3v) is 5.77. The van der Waals surface area contributed by atoms with Crippen molar-refractivity contribution in [2.24, 2.45) is 20.5 Å². The zero-order valence-corrected chi connectivity index (χ0v) is 20.9. The Labute approximate surface area is 213 Å². The molecule has 4 aromatic carbocycles. The quantitative estimate of drug-likeness (QED) is 0.167. The molecule has 4 aromatic rings. The Bertz CT molecular complexity index is 1160. The Kier molecular flexibility index (Phi) is 8.92. The molecule has 0 fully saturated rings. The third kappa shape index (κ3) is 7.60. The molecule has 0 amide bonds. The summed E-state index contributed by atoms with van der Waals surface area (Å²) < 4.78 is 0. The second-order valence-electron chi connectivity index (χ2n) is 8.39. The summed E-state index contributed by atoms with van der Waals surface area (Å²) in [5.41, 5.74) is 8.06. The first kappa shape index (κ1) is 24.8. The van der Waals surface area contributed by atoms with E-state index in [0.29, 0.717) is 0 Å². The lowest BCUT2D eigenvalue weighted by Gasteiger charge is -2.09. The Morgan fingerprint density at radius 3 is 0.972 bits per heavy atom. The van der Waals surface area contributed by atoms with Gasteiger partial charge in [0.05, 0.1) is 22.7 Å². The van der Waals surface area contributed by atoms with Crippen molar-refractivity contribution in [3.8, 4) is 0 Å². The van der Waals surface area contributed by atoms with Gasteiger partial charge in [0.2, 0.25) is 0 Å². The average Bonchev–Trinajstić information content (AvgIpc) is 2.95. The molecule has 36 heavy (non-hydrogen) atoms. The molecule has 0 aliphatic heterocycles. The summed E-state index contributed by atoms with van der Waals surface area (Å²) in [5.74, 6) is 0. The second-order valence-corrected chi connectivity index (χ2v) is 8.39. The summed E-state index contributed by atoms with van der Waals surface area (Å²) in [4.78, 5) is 0. The standard InChI is InChI=1S/C30H32N6/c1-3-23-5-9-27(10-6-23)33-35-29-17-13-25(14-18-29)31-21-22-32-26-15-19-30(20-16-26)36-34-28-11-7-24(4-2)8-12-28/h5-20,31-32H,3-4,21-22H2,1-2H3/b35-33+,36-34+. The number of azo groups is 2. The van der Waals surface area contributed by atoms with E-state index in [2.05, 4.69) is 69.2 Å². The monoisotopic (exact) mass is 476 g/mol. The van der Waals surface area contributed by atoms with Gasteiger partial charge < -0.3 is 10.6 Å². The first-order chi connectivity index (χ1) is 17.7. The molecule has 0 bridgehead atoms. The van der Waals surface area contributed by atoms with Gasteiger partial charge >= 0.3 is 0 Å². The fourth-order valence-corrected chi connectivity index (χ4v) is 3.53. The van der Waals surface area contributed by atoms with Crippen LogP contribution in [0.5, 0.6) is 0 Å². The molecule has 182 valence electrons. The molecule has 0 atom stereocenters. The average molecular weight is 477 g/mol. The van der Waals surface area contributed by atoms with Crippen molar-refractivity contribution in [3.63, 3.8) is 0 Å². The first-order valence-electron chi connectivity index (χ1n) is 12.4. The van der Waals surface area contributed by atoms with Crippen LogP contribution in [0, 0.1) is 0 Å². The molecular formula is C30H32N6. The smallest absolute Gasteiger partial charge is 0.0858 e. The maximum atomic E-state index is 4.32. The van der Waals surface area contributed by atoms with Crippen molar-refractivity contribution in [1.82, 2.24) is 0 Å². The van der Waals surface area contributed by atoms with Gasteiger partial charge in [0.25, 0.3) is 0 Å². The zero-order chi connectivity index (χ0) is 25.0. The van der Waals surface area contributed by atoms with E-state index in [4.69, 9.17) is 0 Å². The van der Waals surface area contributed by atoms with Gasteiger partial charge in [-0.2, -0.15) is 20.5 Å². The molecule has 6 nitrogen and oxygen atoms in total. The van der Waals surface area contributed by atoms with Gasteiger partial charge in [0.1, 0.15) is 0 Å². The Morgan fingerprint density at radius 2 is 0.694 bits per heavy atom. The van der Waals surface area contributed by atoms with E-state index in [1.165, 1.54) is 11.1 Å². The second kappa shape index (κ2) is 13.0. The minimum Gasteiger partial charge on any atom is -0.383 e. The molecule has 6 heteroatoms. The fourth-order valence-electron chi connectivity index (χ4n) is 3.53. The van der Waals surface area contributed by atoms with Gasteiger partial charge in [-0.05, 0) is 96.8 Å². The summed E-state index contributed by atoms with van der Waals surface area (Å²) in [5, 5.41) is 24.1. The molecule has 0 saturated carbocycles. The number of benzene rings is 4. The summed E-state index contributed by atoms with van der Waals surface area (Å²) in [7, 11) is 0. The van der Waals surface area contributed by atoms with E-state index in [-0.39, 0.29) is 0 Å². The highest BCUT2D eigenvalue weighted by Gasteiger charge is 1.97. The molecule has 0 unspecified atom stereocenters. The highest BCUT2D eigenvalue weighted by Crippen LogP contribution is 2.22. The molecule has 0 heterocycles. The van der Waals surface area contributed by atoms with Crippen molar-refractivity contribution >= 4 is 34.1 Å². The number of anilines is 2. The molecule has 0 aliphatic rings. The van der Waals surface area contributed by atoms with E-state index >= 15 is 0 Å². The van der Waals surface area contributed by atoms with Crippen LogP contribution >= 0.6 is 0 Å². The van der Waals surface area contributed by atoms with Crippen molar-refractivity contribution in [3.05, 3.63) is 108 Å². The van der Waals surface area contributed by atoms with Gasteiger partial charge in [0, 0.05) is 24.5 Å².